The Balaban J connectivity index is 1.77. The zero-order valence-electron chi connectivity index (χ0n) is 13.1. The van der Waals surface area contributed by atoms with Gasteiger partial charge in [-0.2, -0.15) is 9.97 Å². The summed E-state index contributed by atoms with van der Waals surface area (Å²) in [5.74, 6) is 1.94. The maximum Gasteiger partial charge on any atom is 0.234 e. The molecule has 6 nitrogen and oxygen atoms in total. The van der Waals surface area contributed by atoms with E-state index in [1.54, 1.807) is 7.11 Å². The van der Waals surface area contributed by atoms with Crippen LogP contribution in [0.4, 0.5) is 11.8 Å². The molecular formula is C15H23N5OS. The summed E-state index contributed by atoms with van der Waals surface area (Å²) in [6.07, 6.45) is 6.02. The molecule has 0 spiro atoms. The number of nitrogens with one attached hydrogen (secondary N) is 2. The molecule has 2 fully saturated rings. The number of nitrogens with zero attached hydrogens (tertiary/aromatic N) is 3. The number of ether oxygens (including phenoxy) is 1. The van der Waals surface area contributed by atoms with Gasteiger partial charge >= 0.3 is 0 Å². The van der Waals surface area contributed by atoms with E-state index in [9.17, 15) is 0 Å². The average molecular weight is 321 g/mol. The van der Waals surface area contributed by atoms with E-state index in [1.807, 2.05) is 6.07 Å². The molecule has 0 aromatic carbocycles. The van der Waals surface area contributed by atoms with E-state index in [1.165, 1.54) is 32.1 Å². The van der Waals surface area contributed by atoms with Crippen LogP contribution < -0.4 is 20.3 Å². The second kappa shape index (κ2) is 6.64. The fraction of sp³-hybridized carbons (Fsp3) is 0.667. The van der Waals surface area contributed by atoms with Crippen molar-refractivity contribution in [2.75, 3.05) is 23.9 Å². The van der Waals surface area contributed by atoms with Crippen molar-refractivity contribution in [2.24, 2.45) is 0 Å². The lowest BCUT2D eigenvalue weighted by molar-refractivity contribution is 0.396. The summed E-state index contributed by atoms with van der Waals surface area (Å²) in [5, 5.41) is 6.88. The lowest BCUT2D eigenvalue weighted by atomic mass is 10.0. The number of hydrogen-bond acceptors (Lipinski definition) is 5. The molecular weight excluding hydrogens is 298 g/mol. The second-order valence-corrected chi connectivity index (χ2v) is 6.41. The first-order valence-corrected chi connectivity index (χ1v) is 8.34. The molecule has 120 valence electrons. The molecule has 0 bridgehead atoms. The minimum Gasteiger partial charge on any atom is -0.481 e. The molecule has 1 aromatic heterocycles. The van der Waals surface area contributed by atoms with Crippen LogP contribution in [0, 0.1) is 0 Å². The molecule has 7 heteroatoms. The average Bonchev–Trinajstić information content (AvgIpc) is 3.31. The van der Waals surface area contributed by atoms with E-state index in [-0.39, 0.29) is 0 Å². The molecule has 1 saturated carbocycles. The zero-order valence-corrected chi connectivity index (χ0v) is 13.9. The maximum absolute atomic E-state index is 5.32. The van der Waals surface area contributed by atoms with Crippen LogP contribution in [-0.2, 0) is 0 Å². The Morgan fingerprint density at radius 3 is 2.82 bits per heavy atom. The summed E-state index contributed by atoms with van der Waals surface area (Å²) in [7, 11) is 1.62. The van der Waals surface area contributed by atoms with Crippen molar-refractivity contribution in [3.63, 3.8) is 0 Å². The zero-order chi connectivity index (χ0) is 15.5. The summed E-state index contributed by atoms with van der Waals surface area (Å²) >= 11 is 5.30. The molecule has 0 amide bonds. The molecule has 1 aromatic rings. The minimum absolute atomic E-state index is 0.484. The van der Waals surface area contributed by atoms with Crippen LogP contribution in [0.2, 0.25) is 0 Å². The fourth-order valence-corrected chi connectivity index (χ4v) is 2.97. The highest BCUT2D eigenvalue weighted by Crippen LogP contribution is 2.26. The first-order chi connectivity index (χ1) is 10.7. The summed E-state index contributed by atoms with van der Waals surface area (Å²) in [6, 6.07) is 2.88. The van der Waals surface area contributed by atoms with Gasteiger partial charge in [-0.05, 0) is 51.2 Å². The molecule has 1 aliphatic carbocycles. The van der Waals surface area contributed by atoms with Gasteiger partial charge in [-0.1, -0.05) is 0 Å². The molecule has 0 radical (unpaired) electrons. The van der Waals surface area contributed by atoms with Crippen molar-refractivity contribution >= 4 is 29.1 Å². The monoisotopic (exact) mass is 321 g/mol. The lowest BCUT2D eigenvalue weighted by Crippen LogP contribution is -2.38. The highest BCUT2D eigenvalue weighted by atomic mass is 32.1. The second-order valence-electron chi connectivity index (χ2n) is 6.00. The van der Waals surface area contributed by atoms with E-state index >= 15 is 0 Å². The predicted molar refractivity (Wildman–Crippen MR) is 91.6 cm³/mol. The van der Waals surface area contributed by atoms with Crippen LogP contribution in [0.3, 0.4) is 0 Å². The Hall–Kier alpha value is -1.63. The molecule has 2 N–H and O–H groups in total. The van der Waals surface area contributed by atoms with Crippen LogP contribution in [-0.4, -0.2) is 40.8 Å². The van der Waals surface area contributed by atoms with Gasteiger partial charge < -0.3 is 20.3 Å². The fourth-order valence-electron chi connectivity index (χ4n) is 2.71. The third-order valence-electron chi connectivity index (χ3n) is 4.13. The van der Waals surface area contributed by atoms with Gasteiger partial charge in [0.05, 0.1) is 7.11 Å². The Morgan fingerprint density at radius 1 is 1.32 bits per heavy atom. The topological polar surface area (TPSA) is 62.3 Å². The minimum atomic E-state index is 0.484. The summed E-state index contributed by atoms with van der Waals surface area (Å²) < 4.78 is 5.32. The Bertz CT molecular complexity index is 549. The largest absolute Gasteiger partial charge is 0.481 e. The number of rotatable bonds is 4. The van der Waals surface area contributed by atoms with Gasteiger partial charge in [-0.15, -0.1) is 0 Å². The van der Waals surface area contributed by atoms with Gasteiger partial charge in [0.1, 0.15) is 5.82 Å². The summed E-state index contributed by atoms with van der Waals surface area (Å²) in [6.45, 7) is 3.26. The number of thiocarbonyl (C=S) groups is 1. The third kappa shape index (κ3) is 3.76. The van der Waals surface area contributed by atoms with Crippen molar-refractivity contribution in [1.82, 2.24) is 15.3 Å². The molecule has 3 rings (SSSR count). The number of aromatic nitrogens is 2. The standard InChI is InChI=1S/C15H23N5OS/c1-10-5-3-4-8-20(10)12-9-13(21-2)18-14(17-12)19-15(22)16-11-6-7-11/h9-11H,3-8H2,1-2H3,(H2,16,17,18,19,22)/t10-/m0/s1. The van der Waals surface area contributed by atoms with Crippen molar-refractivity contribution in [3.8, 4) is 5.88 Å². The molecule has 0 unspecified atom stereocenters. The van der Waals surface area contributed by atoms with E-state index in [0.29, 0.717) is 29.0 Å². The quantitative estimate of drug-likeness (QED) is 0.825. The first-order valence-electron chi connectivity index (χ1n) is 7.93. The highest BCUT2D eigenvalue weighted by molar-refractivity contribution is 7.80. The Labute approximate surface area is 136 Å². The highest BCUT2D eigenvalue weighted by Gasteiger charge is 2.23. The number of piperidine rings is 1. The van der Waals surface area contributed by atoms with Crippen LogP contribution in [0.5, 0.6) is 5.88 Å². The van der Waals surface area contributed by atoms with Crippen molar-refractivity contribution in [3.05, 3.63) is 6.07 Å². The third-order valence-corrected chi connectivity index (χ3v) is 4.35. The van der Waals surface area contributed by atoms with Gasteiger partial charge in [-0.25, -0.2) is 0 Å². The Morgan fingerprint density at radius 2 is 2.14 bits per heavy atom. The molecule has 2 heterocycles. The number of hydrogen-bond donors (Lipinski definition) is 2. The van der Waals surface area contributed by atoms with E-state index in [2.05, 4.69) is 32.4 Å². The van der Waals surface area contributed by atoms with Crippen LogP contribution >= 0.6 is 12.2 Å². The van der Waals surface area contributed by atoms with Crippen LogP contribution in [0.15, 0.2) is 6.07 Å². The van der Waals surface area contributed by atoms with Gasteiger partial charge in [0, 0.05) is 24.7 Å². The van der Waals surface area contributed by atoms with Crippen LogP contribution in [0.1, 0.15) is 39.0 Å². The number of anilines is 2. The van der Waals surface area contributed by atoms with Gasteiger partial charge in [0.25, 0.3) is 0 Å². The Kier molecular flexibility index (Phi) is 4.61. The predicted octanol–water partition coefficient (Wildman–Crippen LogP) is 2.31. The molecule has 1 atom stereocenters. The van der Waals surface area contributed by atoms with E-state index in [0.717, 1.165) is 12.4 Å². The number of methoxy groups -OCH3 is 1. The molecule has 2 aliphatic rings. The maximum atomic E-state index is 5.32. The van der Waals surface area contributed by atoms with Crippen molar-refractivity contribution in [1.29, 1.82) is 0 Å². The van der Waals surface area contributed by atoms with E-state index < -0.39 is 0 Å². The van der Waals surface area contributed by atoms with Gasteiger partial charge in [0.15, 0.2) is 5.11 Å². The lowest BCUT2D eigenvalue weighted by Gasteiger charge is -2.34. The van der Waals surface area contributed by atoms with Crippen LogP contribution in [0.25, 0.3) is 0 Å². The van der Waals surface area contributed by atoms with Crippen molar-refractivity contribution < 1.29 is 4.74 Å². The van der Waals surface area contributed by atoms with E-state index in [4.69, 9.17) is 17.0 Å². The smallest absolute Gasteiger partial charge is 0.234 e. The summed E-state index contributed by atoms with van der Waals surface area (Å²) in [4.78, 5) is 11.3. The normalized spacial score (nSPS) is 21.4. The SMILES string of the molecule is COc1cc(N2CCCC[C@@H]2C)nc(NC(=S)NC2CC2)n1. The van der Waals surface area contributed by atoms with Gasteiger partial charge in [0.2, 0.25) is 11.8 Å². The first kappa shape index (κ1) is 15.3. The van der Waals surface area contributed by atoms with Gasteiger partial charge in [-0.3, -0.25) is 0 Å². The molecule has 22 heavy (non-hydrogen) atoms. The molecule has 1 saturated heterocycles. The summed E-state index contributed by atoms with van der Waals surface area (Å²) in [5.41, 5.74) is 0. The molecule has 1 aliphatic heterocycles. The van der Waals surface area contributed by atoms with Crippen molar-refractivity contribution in [2.45, 2.75) is 51.1 Å².